The van der Waals surface area contributed by atoms with Crippen molar-refractivity contribution in [2.24, 2.45) is 0 Å². The zero-order valence-corrected chi connectivity index (χ0v) is 11.4. The Kier molecular flexibility index (Phi) is 4.46. The van der Waals surface area contributed by atoms with Gasteiger partial charge in [-0.2, -0.15) is 0 Å². The fourth-order valence-corrected chi connectivity index (χ4v) is 3.19. The van der Waals surface area contributed by atoms with Crippen molar-refractivity contribution in [2.45, 2.75) is 12.6 Å². The van der Waals surface area contributed by atoms with Crippen molar-refractivity contribution >= 4 is 38.9 Å². The lowest BCUT2D eigenvalue weighted by Crippen LogP contribution is -2.42. The average Bonchev–Trinajstić information content (AvgIpc) is 2.65. The van der Waals surface area contributed by atoms with Crippen molar-refractivity contribution in [2.75, 3.05) is 25.0 Å². The number of ether oxygens (including phenoxy) is 1. The lowest BCUT2D eigenvalue weighted by molar-refractivity contribution is -0.0177. The SMILES string of the molecule is Clc1ccsc1CN1CCOC(CBr)C1. The first-order chi connectivity index (χ1) is 7.29. The van der Waals surface area contributed by atoms with Gasteiger partial charge in [-0.25, -0.2) is 0 Å². The van der Waals surface area contributed by atoms with Crippen molar-refractivity contribution < 1.29 is 4.74 Å². The minimum atomic E-state index is 0.317. The van der Waals surface area contributed by atoms with Crippen molar-refractivity contribution in [3.8, 4) is 0 Å². The van der Waals surface area contributed by atoms with Crippen LogP contribution in [0.3, 0.4) is 0 Å². The highest BCUT2D eigenvalue weighted by atomic mass is 79.9. The Morgan fingerprint density at radius 2 is 2.53 bits per heavy atom. The van der Waals surface area contributed by atoms with Gasteiger partial charge in [-0.1, -0.05) is 27.5 Å². The predicted octanol–water partition coefficient (Wildman–Crippen LogP) is 3.00. The molecule has 0 spiro atoms. The van der Waals surface area contributed by atoms with Crippen molar-refractivity contribution in [1.29, 1.82) is 0 Å². The highest BCUT2D eigenvalue weighted by Gasteiger charge is 2.20. The van der Waals surface area contributed by atoms with Crippen LogP contribution in [0.5, 0.6) is 0 Å². The van der Waals surface area contributed by atoms with E-state index < -0.39 is 0 Å². The van der Waals surface area contributed by atoms with E-state index >= 15 is 0 Å². The largest absolute Gasteiger partial charge is 0.375 e. The Bertz CT molecular complexity index is 320. The Morgan fingerprint density at radius 3 is 3.20 bits per heavy atom. The number of rotatable bonds is 3. The topological polar surface area (TPSA) is 12.5 Å². The molecule has 1 aliphatic heterocycles. The van der Waals surface area contributed by atoms with Crippen LogP contribution in [-0.4, -0.2) is 36.0 Å². The fourth-order valence-electron chi connectivity index (χ4n) is 1.66. The lowest BCUT2D eigenvalue weighted by Gasteiger charge is -2.31. The van der Waals surface area contributed by atoms with Gasteiger partial charge in [0.05, 0.1) is 17.7 Å². The molecule has 0 aliphatic carbocycles. The molecule has 84 valence electrons. The van der Waals surface area contributed by atoms with Gasteiger partial charge in [0.25, 0.3) is 0 Å². The molecule has 1 aromatic heterocycles. The molecule has 0 aromatic carbocycles. The van der Waals surface area contributed by atoms with E-state index in [1.54, 1.807) is 11.3 Å². The third-order valence-corrected chi connectivity index (χ3v) is 4.55. The van der Waals surface area contributed by atoms with E-state index in [-0.39, 0.29) is 0 Å². The Balaban J connectivity index is 1.92. The first kappa shape index (κ1) is 11.9. The summed E-state index contributed by atoms with van der Waals surface area (Å²) < 4.78 is 5.59. The predicted molar refractivity (Wildman–Crippen MR) is 68.1 cm³/mol. The summed E-state index contributed by atoms with van der Waals surface area (Å²) in [7, 11) is 0. The van der Waals surface area contributed by atoms with Crippen LogP contribution >= 0.6 is 38.9 Å². The van der Waals surface area contributed by atoms with Gasteiger partial charge in [0.1, 0.15) is 0 Å². The van der Waals surface area contributed by atoms with E-state index in [9.17, 15) is 0 Å². The summed E-state index contributed by atoms with van der Waals surface area (Å²) in [4.78, 5) is 3.65. The molecule has 0 amide bonds. The summed E-state index contributed by atoms with van der Waals surface area (Å²) in [6, 6.07) is 1.96. The molecule has 0 bridgehead atoms. The van der Waals surface area contributed by atoms with Gasteiger partial charge in [-0.05, 0) is 11.4 Å². The van der Waals surface area contributed by atoms with Gasteiger partial charge >= 0.3 is 0 Å². The van der Waals surface area contributed by atoms with Crippen LogP contribution in [0, 0.1) is 0 Å². The van der Waals surface area contributed by atoms with Gasteiger partial charge in [0.15, 0.2) is 0 Å². The second kappa shape index (κ2) is 5.64. The monoisotopic (exact) mass is 309 g/mol. The van der Waals surface area contributed by atoms with E-state index in [4.69, 9.17) is 16.3 Å². The van der Waals surface area contributed by atoms with Crippen LogP contribution in [0.25, 0.3) is 0 Å². The van der Waals surface area contributed by atoms with Crippen LogP contribution in [-0.2, 0) is 11.3 Å². The minimum Gasteiger partial charge on any atom is -0.375 e. The molecule has 2 nitrogen and oxygen atoms in total. The Hall–Kier alpha value is 0.390. The fraction of sp³-hybridized carbons (Fsp3) is 0.600. The molecule has 1 saturated heterocycles. The zero-order chi connectivity index (χ0) is 10.7. The van der Waals surface area contributed by atoms with Gasteiger partial charge < -0.3 is 4.74 Å². The molecule has 1 unspecified atom stereocenters. The molecule has 1 aliphatic rings. The van der Waals surface area contributed by atoms with Crippen LogP contribution in [0.15, 0.2) is 11.4 Å². The number of nitrogens with zero attached hydrogens (tertiary/aromatic N) is 1. The second-order valence-corrected chi connectivity index (χ2v) is 5.63. The summed E-state index contributed by atoms with van der Waals surface area (Å²) in [5.41, 5.74) is 0. The average molecular weight is 311 g/mol. The molecule has 1 atom stereocenters. The summed E-state index contributed by atoms with van der Waals surface area (Å²) in [5.74, 6) is 0. The van der Waals surface area contributed by atoms with Crippen molar-refractivity contribution in [3.63, 3.8) is 0 Å². The highest BCUT2D eigenvalue weighted by Crippen LogP contribution is 2.24. The molecular formula is C10H13BrClNOS. The zero-order valence-electron chi connectivity index (χ0n) is 8.29. The van der Waals surface area contributed by atoms with Crippen LogP contribution in [0.4, 0.5) is 0 Å². The van der Waals surface area contributed by atoms with E-state index in [2.05, 4.69) is 20.8 Å². The molecule has 0 saturated carbocycles. The number of morpholine rings is 1. The van der Waals surface area contributed by atoms with Gasteiger partial charge in [-0.3, -0.25) is 4.90 Å². The molecule has 0 radical (unpaired) electrons. The molecule has 2 heterocycles. The smallest absolute Gasteiger partial charge is 0.0799 e. The van der Waals surface area contributed by atoms with E-state index in [1.165, 1.54) is 4.88 Å². The van der Waals surface area contributed by atoms with E-state index in [0.29, 0.717) is 6.10 Å². The summed E-state index contributed by atoms with van der Waals surface area (Å²) >= 11 is 11.3. The Morgan fingerprint density at radius 1 is 1.67 bits per heavy atom. The normalized spacial score (nSPS) is 23.2. The van der Waals surface area contributed by atoms with Gasteiger partial charge in [0.2, 0.25) is 0 Å². The molecule has 15 heavy (non-hydrogen) atoms. The van der Waals surface area contributed by atoms with Crippen LogP contribution < -0.4 is 0 Å². The quantitative estimate of drug-likeness (QED) is 0.796. The van der Waals surface area contributed by atoms with Crippen molar-refractivity contribution in [1.82, 2.24) is 4.90 Å². The molecular weight excluding hydrogens is 298 g/mol. The molecule has 1 fully saturated rings. The number of hydrogen-bond acceptors (Lipinski definition) is 3. The molecule has 5 heteroatoms. The number of hydrogen-bond donors (Lipinski definition) is 0. The molecule has 1 aromatic rings. The maximum atomic E-state index is 6.07. The number of alkyl halides is 1. The van der Waals surface area contributed by atoms with E-state index in [1.807, 2.05) is 11.4 Å². The van der Waals surface area contributed by atoms with Crippen LogP contribution in [0.1, 0.15) is 4.88 Å². The minimum absolute atomic E-state index is 0.317. The molecule has 2 rings (SSSR count). The maximum absolute atomic E-state index is 6.07. The second-order valence-electron chi connectivity index (χ2n) is 3.57. The number of halogens is 2. The first-order valence-corrected chi connectivity index (χ1v) is 7.29. The Labute approximate surface area is 107 Å². The van der Waals surface area contributed by atoms with Crippen molar-refractivity contribution in [3.05, 3.63) is 21.3 Å². The third kappa shape index (κ3) is 3.17. The van der Waals surface area contributed by atoms with Crippen LogP contribution in [0.2, 0.25) is 5.02 Å². The summed E-state index contributed by atoms with van der Waals surface area (Å²) in [5, 5.41) is 3.84. The standard InChI is InChI=1S/C10H13BrClNOS/c11-5-8-6-13(2-3-14-8)7-10-9(12)1-4-15-10/h1,4,8H,2-3,5-7H2. The maximum Gasteiger partial charge on any atom is 0.0799 e. The summed E-state index contributed by atoms with van der Waals surface area (Å²) in [6.45, 7) is 3.75. The number of thiophene rings is 1. The first-order valence-electron chi connectivity index (χ1n) is 4.91. The lowest BCUT2D eigenvalue weighted by atomic mass is 10.3. The summed E-state index contributed by atoms with van der Waals surface area (Å²) in [6.07, 6.45) is 0.317. The van der Waals surface area contributed by atoms with E-state index in [0.717, 1.165) is 36.6 Å². The molecule has 0 N–H and O–H groups in total. The van der Waals surface area contributed by atoms with Gasteiger partial charge in [0, 0.05) is 29.8 Å². The van der Waals surface area contributed by atoms with Gasteiger partial charge in [-0.15, -0.1) is 11.3 Å². The highest BCUT2D eigenvalue weighted by molar-refractivity contribution is 9.09. The third-order valence-electron chi connectivity index (χ3n) is 2.45.